The Morgan fingerprint density at radius 2 is 2.07 bits per heavy atom. The Morgan fingerprint density at radius 1 is 1.40 bits per heavy atom. The van der Waals surface area contributed by atoms with Crippen LogP contribution in [0.4, 0.5) is 0 Å². The van der Waals surface area contributed by atoms with Gasteiger partial charge in [-0.2, -0.15) is 0 Å². The SMILES string of the molecule is Cc1cc2cc(C)c(C(=O)[O-])n2c(=O)[nH]1. The van der Waals surface area contributed by atoms with Crippen LogP contribution in [0.15, 0.2) is 16.9 Å². The van der Waals surface area contributed by atoms with Crippen molar-refractivity contribution in [3.05, 3.63) is 39.6 Å². The normalized spacial score (nSPS) is 10.8. The third kappa shape index (κ3) is 1.32. The van der Waals surface area contributed by atoms with E-state index in [1.165, 1.54) is 0 Å². The molecule has 5 heteroatoms. The molecule has 2 rings (SSSR count). The molecule has 15 heavy (non-hydrogen) atoms. The van der Waals surface area contributed by atoms with Gasteiger partial charge in [-0.3, -0.25) is 4.40 Å². The number of carbonyl (C=O) groups excluding carboxylic acids is 1. The molecular weight excluding hydrogens is 196 g/mol. The second kappa shape index (κ2) is 2.98. The Morgan fingerprint density at radius 3 is 2.67 bits per heavy atom. The molecule has 0 aliphatic rings. The summed E-state index contributed by atoms with van der Waals surface area (Å²) in [4.78, 5) is 24.9. The van der Waals surface area contributed by atoms with Crippen LogP contribution in [0.2, 0.25) is 0 Å². The molecule has 0 atom stereocenters. The topological polar surface area (TPSA) is 77.4 Å². The predicted molar refractivity (Wildman–Crippen MR) is 51.8 cm³/mol. The lowest BCUT2D eigenvalue weighted by Gasteiger charge is -2.04. The number of fused-ring (bicyclic) bond motifs is 1. The average Bonchev–Trinajstić information content (AvgIpc) is 2.40. The van der Waals surface area contributed by atoms with Gasteiger partial charge in [-0.1, -0.05) is 0 Å². The number of H-pyrrole nitrogens is 1. The van der Waals surface area contributed by atoms with Crippen LogP contribution >= 0.6 is 0 Å². The van der Waals surface area contributed by atoms with Crippen molar-refractivity contribution in [1.82, 2.24) is 9.38 Å². The van der Waals surface area contributed by atoms with E-state index in [-0.39, 0.29) is 5.69 Å². The van der Waals surface area contributed by atoms with E-state index < -0.39 is 11.7 Å². The fourth-order valence-electron chi connectivity index (χ4n) is 1.72. The highest BCUT2D eigenvalue weighted by Crippen LogP contribution is 2.13. The Kier molecular flexibility index (Phi) is 1.89. The van der Waals surface area contributed by atoms with Crippen molar-refractivity contribution in [2.75, 3.05) is 0 Å². The van der Waals surface area contributed by atoms with Crippen molar-refractivity contribution in [3.8, 4) is 0 Å². The maximum atomic E-state index is 11.6. The fraction of sp³-hybridized carbons (Fsp3) is 0.200. The minimum Gasteiger partial charge on any atom is -0.543 e. The molecule has 0 aromatic carbocycles. The molecule has 0 bridgehead atoms. The number of aromatic nitrogens is 2. The smallest absolute Gasteiger partial charge is 0.330 e. The van der Waals surface area contributed by atoms with Gasteiger partial charge < -0.3 is 14.9 Å². The molecule has 2 heterocycles. The van der Waals surface area contributed by atoms with E-state index in [1.54, 1.807) is 26.0 Å². The largest absolute Gasteiger partial charge is 0.543 e. The molecule has 5 nitrogen and oxygen atoms in total. The molecular formula is C10H9N2O3-. The molecule has 2 aromatic rings. The van der Waals surface area contributed by atoms with Gasteiger partial charge in [0.15, 0.2) is 0 Å². The van der Waals surface area contributed by atoms with Crippen LogP contribution in [0.25, 0.3) is 5.52 Å². The predicted octanol–water partition coefficient (Wildman–Crippen LogP) is -0.392. The maximum Gasteiger partial charge on any atom is 0.330 e. The van der Waals surface area contributed by atoms with E-state index in [1.807, 2.05) is 0 Å². The first-order valence-corrected chi connectivity index (χ1v) is 4.44. The number of carboxylic acid groups (broad SMARTS) is 1. The molecule has 1 N–H and O–H groups in total. The van der Waals surface area contributed by atoms with Gasteiger partial charge in [0.25, 0.3) is 0 Å². The lowest BCUT2D eigenvalue weighted by atomic mass is 10.3. The lowest BCUT2D eigenvalue weighted by molar-refractivity contribution is -0.255. The number of hydrogen-bond acceptors (Lipinski definition) is 3. The standard InChI is InChI=1S/C10H10N2O3/c1-5-3-7-4-6(2)11-10(15)12(7)8(5)9(13)14/h3-4H,1-2H3,(H,11,15)(H,13,14)/p-1. The summed E-state index contributed by atoms with van der Waals surface area (Å²) in [7, 11) is 0. The average molecular weight is 205 g/mol. The van der Waals surface area contributed by atoms with Gasteiger partial charge in [0, 0.05) is 5.69 Å². The number of aromatic amines is 1. The first-order chi connectivity index (χ1) is 7.00. The van der Waals surface area contributed by atoms with E-state index in [9.17, 15) is 14.7 Å². The number of carbonyl (C=O) groups is 1. The minimum atomic E-state index is -1.35. The number of carboxylic acids is 1. The number of aryl methyl sites for hydroxylation is 2. The van der Waals surface area contributed by atoms with Gasteiger partial charge in [0.2, 0.25) is 0 Å². The number of rotatable bonds is 1. The Bertz CT molecular complexity index is 607. The summed E-state index contributed by atoms with van der Waals surface area (Å²) in [6, 6.07) is 3.36. The third-order valence-corrected chi connectivity index (χ3v) is 2.28. The highest BCUT2D eigenvalue weighted by atomic mass is 16.4. The van der Waals surface area contributed by atoms with Crippen LogP contribution in [0.3, 0.4) is 0 Å². The fourth-order valence-corrected chi connectivity index (χ4v) is 1.72. The van der Waals surface area contributed by atoms with E-state index in [0.29, 0.717) is 16.8 Å². The zero-order chi connectivity index (χ0) is 11.2. The van der Waals surface area contributed by atoms with Gasteiger partial charge in [0.05, 0.1) is 17.2 Å². The summed E-state index contributed by atoms with van der Waals surface area (Å²) in [5.41, 5.74) is 1.22. The number of hydrogen-bond donors (Lipinski definition) is 1. The molecule has 0 saturated carbocycles. The molecule has 2 aromatic heterocycles. The van der Waals surface area contributed by atoms with Crippen LogP contribution in [0, 0.1) is 13.8 Å². The molecule has 78 valence electrons. The molecule has 0 unspecified atom stereocenters. The maximum absolute atomic E-state index is 11.6. The van der Waals surface area contributed by atoms with Crippen molar-refractivity contribution in [1.29, 1.82) is 0 Å². The van der Waals surface area contributed by atoms with E-state index in [4.69, 9.17) is 0 Å². The highest BCUT2D eigenvalue weighted by molar-refractivity contribution is 5.87. The summed E-state index contributed by atoms with van der Waals surface area (Å²) >= 11 is 0. The number of nitrogens with zero attached hydrogens (tertiary/aromatic N) is 1. The Balaban J connectivity index is 3.00. The Hall–Kier alpha value is -2.04. The van der Waals surface area contributed by atoms with Crippen molar-refractivity contribution >= 4 is 11.5 Å². The van der Waals surface area contributed by atoms with Crippen molar-refractivity contribution in [3.63, 3.8) is 0 Å². The highest BCUT2D eigenvalue weighted by Gasteiger charge is 2.10. The first kappa shape index (κ1) is 9.51. The van der Waals surface area contributed by atoms with Gasteiger partial charge >= 0.3 is 5.69 Å². The summed E-state index contributed by atoms with van der Waals surface area (Å²) in [5, 5.41) is 10.8. The van der Waals surface area contributed by atoms with E-state index in [0.717, 1.165) is 4.40 Å². The zero-order valence-corrected chi connectivity index (χ0v) is 8.33. The summed E-state index contributed by atoms with van der Waals surface area (Å²) in [6.45, 7) is 3.37. The van der Waals surface area contributed by atoms with E-state index in [2.05, 4.69) is 4.98 Å². The third-order valence-electron chi connectivity index (χ3n) is 2.28. The molecule has 0 spiro atoms. The Labute approximate surface area is 85.0 Å². The van der Waals surface area contributed by atoms with Crippen molar-refractivity contribution in [2.24, 2.45) is 0 Å². The second-order valence-corrected chi connectivity index (χ2v) is 3.48. The number of aromatic carboxylic acids is 1. The van der Waals surface area contributed by atoms with Crippen LogP contribution in [0.1, 0.15) is 21.7 Å². The van der Waals surface area contributed by atoms with Crippen molar-refractivity contribution < 1.29 is 9.90 Å². The molecule has 0 fully saturated rings. The quantitative estimate of drug-likeness (QED) is 0.688. The summed E-state index contributed by atoms with van der Waals surface area (Å²) < 4.78 is 1.11. The van der Waals surface area contributed by atoms with Gasteiger partial charge in [0.1, 0.15) is 0 Å². The van der Waals surface area contributed by atoms with Crippen LogP contribution in [-0.4, -0.2) is 15.4 Å². The molecule has 0 radical (unpaired) electrons. The van der Waals surface area contributed by atoms with Crippen LogP contribution in [0.5, 0.6) is 0 Å². The second-order valence-electron chi connectivity index (χ2n) is 3.48. The number of nitrogens with one attached hydrogen (secondary N) is 1. The zero-order valence-electron chi connectivity index (χ0n) is 8.33. The van der Waals surface area contributed by atoms with Gasteiger partial charge in [-0.05, 0) is 31.5 Å². The minimum absolute atomic E-state index is 0.0914. The molecule has 0 saturated heterocycles. The first-order valence-electron chi connectivity index (χ1n) is 4.44. The monoisotopic (exact) mass is 205 g/mol. The summed E-state index contributed by atoms with van der Waals surface area (Å²) in [5.74, 6) is -1.35. The lowest BCUT2D eigenvalue weighted by Crippen LogP contribution is -2.29. The van der Waals surface area contributed by atoms with Gasteiger partial charge in [-0.15, -0.1) is 0 Å². The molecule has 0 aliphatic carbocycles. The molecule has 0 aliphatic heterocycles. The van der Waals surface area contributed by atoms with Gasteiger partial charge in [-0.25, -0.2) is 4.79 Å². The molecule has 0 amide bonds. The summed E-state index contributed by atoms with van der Waals surface area (Å²) in [6.07, 6.45) is 0. The van der Waals surface area contributed by atoms with Crippen LogP contribution < -0.4 is 10.8 Å². The van der Waals surface area contributed by atoms with Crippen molar-refractivity contribution in [2.45, 2.75) is 13.8 Å². The van der Waals surface area contributed by atoms with E-state index >= 15 is 0 Å². The van der Waals surface area contributed by atoms with Crippen LogP contribution in [-0.2, 0) is 0 Å².